The number of aryl methyl sites for hydroxylation is 2. The van der Waals surface area contributed by atoms with Crippen LogP contribution in [0.3, 0.4) is 0 Å². The van der Waals surface area contributed by atoms with Gasteiger partial charge in [0.05, 0.1) is 11.4 Å². The lowest BCUT2D eigenvalue weighted by atomic mass is 9.99. The number of likely N-dealkylation sites (tertiary alicyclic amines) is 1. The quantitative estimate of drug-likeness (QED) is 0.701. The van der Waals surface area contributed by atoms with Gasteiger partial charge in [-0.3, -0.25) is 4.68 Å². The topological polar surface area (TPSA) is 67.2 Å². The van der Waals surface area contributed by atoms with Gasteiger partial charge < -0.3 is 4.90 Å². The summed E-state index contributed by atoms with van der Waals surface area (Å²) in [7, 11) is -3.10. The second-order valence-corrected chi connectivity index (χ2v) is 9.40. The summed E-state index contributed by atoms with van der Waals surface area (Å²) >= 11 is 0. The van der Waals surface area contributed by atoms with E-state index in [0.717, 1.165) is 58.3 Å². The molecule has 144 valence electrons. The lowest BCUT2D eigenvalue weighted by Crippen LogP contribution is -2.42. The van der Waals surface area contributed by atoms with Crippen LogP contribution in [0.25, 0.3) is 0 Å². The minimum absolute atomic E-state index is 0. The zero-order valence-electron chi connectivity index (χ0n) is 15.2. The molecule has 2 heterocycles. The first kappa shape index (κ1) is 20.7. The zero-order chi connectivity index (χ0) is 17.2. The molecule has 0 amide bonds. The van der Waals surface area contributed by atoms with Crippen molar-refractivity contribution in [2.45, 2.75) is 63.8 Å². The Morgan fingerprint density at radius 3 is 2.64 bits per heavy atom. The predicted octanol–water partition coefficient (Wildman–Crippen LogP) is 2.19. The second-order valence-electron chi connectivity index (χ2n) is 7.41. The number of hydrogen-bond acceptors (Lipinski definition) is 4. The Labute approximate surface area is 157 Å². The summed E-state index contributed by atoms with van der Waals surface area (Å²) in [6.45, 7) is 7.99. The molecule has 0 bridgehead atoms. The first-order valence-corrected chi connectivity index (χ1v) is 10.7. The van der Waals surface area contributed by atoms with Gasteiger partial charge in [0, 0.05) is 31.9 Å². The van der Waals surface area contributed by atoms with E-state index < -0.39 is 10.0 Å². The molecule has 0 unspecified atom stereocenters. The maximum absolute atomic E-state index is 12.3. The Morgan fingerprint density at radius 1 is 1.28 bits per heavy atom. The summed E-state index contributed by atoms with van der Waals surface area (Å²) in [4.78, 5) is 2.41. The fraction of sp³-hybridized carbons (Fsp3) is 0.824. The smallest absolute Gasteiger partial charge is 0.214 e. The first-order valence-electron chi connectivity index (χ1n) is 9.20. The molecule has 3 rings (SSSR count). The minimum atomic E-state index is -3.10. The monoisotopic (exact) mass is 390 g/mol. The number of rotatable bonds is 9. The Bertz CT molecular complexity index is 645. The van der Waals surface area contributed by atoms with Gasteiger partial charge in [-0.25, -0.2) is 13.1 Å². The highest BCUT2D eigenvalue weighted by Gasteiger charge is 2.40. The van der Waals surface area contributed by atoms with Crippen molar-refractivity contribution in [2.75, 3.05) is 19.6 Å². The molecule has 0 aromatic carbocycles. The van der Waals surface area contributed by atoms with Crippen LogP contribution in [-0.4, -0.2) is 54.0 Å². The van der Waals surface area contributed by atoms with E-state index in [1.54, 1.807) is 0 Å². The van der Waals surface area contributed by atoms with Crippen LogP contribution in [0.4, 0.5) is 0 Å². The van der Waals surface area contributed by atoms with Crippen LogP contribution >= 0.6 is 12.4 Å². The molecule has 8 heteroatoms. The van der Waals surface area contributed by atoms with Gasteiger partial charge in [0.15, 0.2) is 0 Å². The molecule has 1 aromatic heterocycles. The summed E-state index contributed by atoms with van der Waals surface area (Å²) < 4.78 is 29.5. The van der Waals surface area contributed by atoms with Gasteiger partial charge in [-0.05, 0) is 50.6 Å². The molecular formula is C17H31ClN4O2S. The molecule has 2 fully saturated rings. The summed E-state index contributed by atoms with van der Waals surface area (Å²) in [5.74, 6) is 0.440. The molecule has 2 atom stereocenters. The third-order valence-corrected chi connectivity index (χ3v) is 7.06. The molecule has 1 N–H and O–H groups in total. The number of nitrogens with one attached hydrogen (secondary N) is 1. The van der Waals surface area contributed by atoms with Crippen LogP contribution in [0.15, 0.2) is 12.4 Å². The molecule has 1 saturated carbocycles. The summed E-state index contributed by atoms with van der Waals surface area (Å²) in [6, 6.07) is 0.0856. The van der Waals surface area contributed by atoms with Gasteiger partial charge >= 0.3 is 0 Å². The van der Waals surface area contributed by atoms with Crippen molar-refractivity contribution in [3.8, 4) is 0 Å². The normalized spacial score (nSPS) is 24.4. The molecule has 1 aromatic rings. The zero-order valence-corrected chi connectivity index (χ0v) is 16.9. The van der Waals surface area contributed by atoms with E-state index in [9.17, 15) is 8.42 Å². The molecule has 6 nitrogen and oxygen atoms in total. The van der Waals surface area contributed by atoms with Crippen LogP contribution in [-0.2, 0) is 16.6 Å². The van der Waals surface area contributed by atoms with E-state index in [0.29, 0.717) is 5.92 Å². The first-order chi connectivity index (χ1) is 11.5. The van der Waals surface area contributed by atoms with E-state index in [1.165, 1.54) is 5.56 Å². The molecule has 25 heavy (non-hydrogen) atoms. The third kappa shape index (κ3) is 5.67. The van der Waals surface area contributed by atoms with E-state index >= 15 is 0 Å². The molecule has 2 aliphatic rings. The summed E-state index contributed by atoms with van der Waals surface area (Å²) in [5, 5.41) is 4.19. The van der Waals surface area contributed by atoms with Gasteiger partial charge in [0.1, 0.15) is 0 Å². The molecule has 0 radical (unpaired) electrons. The lowest BCUT2D eigenvalue weighted by molar-refractivity contribution is 0.306. The Hall–Kier alpha value is -0.630. The second kappa shape index (κ2) is 8.84. The van der Waals surface area contributed by atoms with Crippen molar-refractivity contribution in [1.29, 1.82) is 0 Å². The van der Waals surface area contributed by atoms with Crippen molar-refractivity contribution in [3.05, 3.63) is 18.0 Å². The van der Waals surface area contributed by atoms with Gasteiger partial charge in [-0.2, -0.15) is 5.10 Å². The van der Waals surface area contributed by atoms with Crippen LogP contribution in [0.2, 0.25) is 0 Å². The molecule has 1 aliphatic carbocycles. The number of hydrogen-bond donors (Lipinski definition) is 1. The molecule has 0 spiro atoms. The summed E-state index contributed by atoms with van der Waals surface area (Å²) in [5.41, 5.74) is 1.19. The van der Waals surface area contributed by atoms with Crippen LogP contribution in [0.1, 0.15) is 44.6 Å². The molecule has 1 saturated heterocycles. The van der Waals surface area contributed by atoms with Crippen LogP contribution in [0.5, 0.6) is 0 Å². The fourth-order valence-corrected chi connectivity index (χ4v) is 5.31. The minimum Gasteiger partial charge on any atom is -0.301 e. The average Bonchev–Trinajstić information content (AvgIpc) is 3.22. The highest BCUT2D eigenvalue weighted by molar-refractivity contribution is 7.90. The Morgan fingerprint density at radius 2 is 2.04 bits per heavy atom. The fourth-order valence-electron chi connectivity index (χ4n) is 3.67. The largest absolute Gasteiger partial charge is 0.301 e. The van der Waals surface area contributed by atoms with E-state index in [1.807, 2.05) is 10.9 Å². The van der Waals surface area contributed by atoms with Crippen LogP contribution in [0, 0.1) is 12.8 Å². The number of nitrogens with zero attached hydrogens (tertiary/aromatic N) is 3. The SMILES string of the molecule is CCC[C@H]1CN(CCCn2cc(C)cn2)C[C@@H]1NS(=O)(=O)C1CC1.Cl. The maximum Gasteiger partial charge on any atom is 0.214 e. The lowest BCUT2D eigenvalue weighted by Gasteiger charge is -2.19. The van der Waals surface area contributed by atoms with Crippen molar-refractivity contribution >= 4 is 22.4 Å². The maximum atomic E-state index is 12.3. The van der Waals surface area contributed by atoms with Crippen molar-refractivity contribution < 1.29 is 8.42 Å². The number of sulfonamides is 1. The number of halogens is 1. The van der Waals surface area contributed by atoms with Crippen molar-refractivity contribution in [1.82, 2.24) is 19.4 Å². The Kier molecular flexibility index (Phi) is 7.31. The van der Waals surface area contributed by atoms with Crippen molar-refractivity contribution in [3.63, 3.8) is 0 Å². The van der Waals surface area contributed by atoms with E-state index in [-0.39, 0.29) is 23.7 Å². The van der Waals surface area contributed by atoms with E-state index in [4.69, 9.17) is 0 Å². The highest BCUT2D eigenvalue weighted by atomic mass is 35.5. The predicted molar refractivity (Wildman–Crippen MR) is 103 cm³/mol. The molecular weight excluding hydrogens is 360 g/mol. The van der Waals surface area contributed by atoms with E-state index in [2.05, 4.69) is 34.8 Å². The molecule has 1 aliphatic heterocycles. The average molecular weight is 391 g/mol. The standard InChI is InChI=1S/C17H30N4O2S.ClH/c1-3-5-15-12-20(8-4-9-21-11-14(2)10-18-21)13-17(15)19-24(22,23)16-6-7-16;/h10-11,15-17,19H,3-9,12-13H2,1-2H3;1H/t15-,17-;/m0./s1. The van der Waals surface area contributed by atoms with Gasteiger partial charge in [-0.1, -0.05) is 13.3 Å². The van der Waals surface area contributed by atoms with Crippen molar-refractivity contribution in [2.24, 2.45) is 5.92 Å². The highest BCUT2D eigenvalue weighted by Crippen LogP contribution is 2.30. The van der Waals surface area contributed by atoms with Gasteiger partial charge in [0.2, 0.25) is 10.0 Å². The number of aromatic nitrogens is 2. The van der Waals surface area contributed by atoms with Gasteiger partial charge in [-0.15, -0.1) is 12.4 Å². The Balaban J connectivity index is 0.00000225. The van der Waals surface area contributed by atoms with Gasteiger partial charge in [0.25, 0.3) is 0 Å². The third-order valence-electron chi connectivity index (χ3n) is 5.08. The van der Waals surface area contributed by atoms with Crippen LogP contribution < -0.4 is 4.72 Å². The summed E-state index contributed by atoms with van der Waals surface area (Å²) in [6.07, 6.45) is 8.84.